The van der Waals surface area contributed by atoms with Gasteiger partial charge in [-0.15, -0.1) is 11.8 Å². The monoisotopic (exact) mass is 322 g/mol. The van der Waals surface area contributed by atoms with E-state index < -0.39 is 0 Å². The number of carbonyl (C=O) groups is 2. The van der Waals surface area contributed by atoms with Crippen LogP contribution in [0.2, 0.25) is 0 Å². The summed E-state index contributed by atoms with van der Waals surface area (Å²) in [6.07, 6.45) is 4.19. The molecular formula is C17H22O4S. The zero-order valence-corrected chi connectivity index (χ0v) is 13.8. The number of methoxy groups -OCH3 is 1. The highest BCUT2D eigenvalue weighted by Gasteiger charge is 2.10. The van der Waals surface area contributed by atoms with Crippen LogP contribution in [0.15, 0.2) is 42.5 Å². The molecule has 1 aromatic carbocycles. The van der Waals surface area contributed by atoms with Gasteiger partial charge in [0.05, 0.1) is 13.7 Å². The summed E-state index contributed by atoms with van der Waals surface area (Å²) in [7, 11) is 1.38. The molecule has 0 aromatic heterocycles. The van der Waals surface area contributed by atoms with Crippen LogP contribution in [0.4, 0.5) is 0 Å². The van der Waals surface area contributed by atoms with E-state index in [4.69, 9.17) is 4.74 Å². The lowest BCUT2D eigenvalue weighted by Crippen LogP contribution is -2.08. The summed E-state index contributed by atoms with van der Waals surface area (Å²) >= 11 is 1.68. The molecule has 0 N–H and O–H groups in total. The molecule has 0 fully saturated rings. The van der Waals surface area contributed by atoms with E-state index in [2.05, 4.69) is 16.9 Å². The standard InChI is InChI=1S/C17H22O4S/c1-3-21-17(19)12-10-15(9-11-16(18)20-2)22-13-14-7-5-4-6-8-14/h4-8,10,12,15H,3,9,11,13H2,1-2H3/b12-10+/t15-/m0/s1. The Bertz CT molecular complexity index is 485. The quantitative estimate of drug-likeness (QED) is 0.515. The zero-order valence-electron chi connectivity index (χ0n) is 13.0. The van der Waals surface area contributed by atoms with Gasteiger partial charge in [-0.1, -0.05) is 36.4 Å². The molecule has 120 valence electrons. The fourth-order valence-electron chi connectivity index (χ4n) is 1.75. The molecule has 0 saturated heterocycles. The van der Waals surface area contributed by atoms with E-state index in [-0.39, 0.29) is 17.2 Å². The van der Waals surface area contributed by atoms with Crippen LogP contribution in [0.1, 0.15) is 25.3 Å². The van der Waals surface area contributed by atoms with Crippen LogP contribution >= 0.6 is 11.8 Å². The first-order valence-corrected chi connectivity index (χ1v) is 8.28. The summed E-state index contributed by atoms with van der Waals surface area (Å²) in [5.74, 6) is 0.223. The van der Waals surface area contributed by atoms with Gasteiger partial charge in [0.25, 0.3) is 0 Å². The number of hydrogen-bond donors (Lipinski definition) is 0. The number of hydrogen-bond acceptors (Lipinski definition) is 5. The summed E-state index contributed by atoms with van der Waals surface area (Å²) in [4.78, 5) is 22.7. The van der Waals surface area contributed by atoms with Gasteiger partial charge in [0.1, 0.15) is 0 Å². The number of esters is 2. The van der Waals surface area contributed by atoms with E-state index in [0.29, 0.717) is 19.4 Å². The molecule has 1 aromatic rings. The average molecular weight is 322 g/mol. The van der Waals surface area contributed by atoms with E-state index in [1.165, 1.54) is 18.7 Å². The van der Waals surface area contributed by atoms with Crippen molar-refractivity contribution in [2.24, 2.45) is 0 Å². The van der Waals surface area contributed by atoms with Gasteiger partial charge in [0.15, 0.2) is 0 Å². The van der Waals surface area contributed by atoms with Crippen molar-refractivity contribution in [1.29, 1.82) is 0 Å². The minimum Gasteiger partial charge on any atom is -0.469 e. The Labute approximate surface area is 135 Å². The lowest BCUT2D eigenvalue weighted by molar-refractivity contribution is -0.140. The highest BCUT2D eigenvalue weighted by molar-refractivity contribution is 7.99. The van der Waals surface area contributed by atoms with E-state index >= 15 is 0 Å². The second-order valence-corrected chi connectivity index (χ2v) is 5.79. The molecule has 1 atom stereocenters. The molecule has 0 saturated carbocycles. The molecule has 0 aliphatic heterocycles. The first-order chi connectivity index (χ1) is 10.7. The summed E-state index contributed by atoms with van der Waals surface area (Å²) in [6, 6.07) is 10.1. The minimum atomic E-state index is -0.356. The summed E-state index contributed by atoms with van der Waals surface area (Å²) in [6.45, 7) is 2.12. The van der Waals surface area contributed by atoms with Crippen molar-refractivity contribution in [1.82, 2.24) is 0 Å². The molecular weight excluding hydrogens is 300 g/mol. The van der Waals surface area contributed by atoms with Crippen molar-refractivity contribution < 1.29 is 19.1 Å². The SMILES string of the molecule is CCOC(=O)/C=C/[C@H](CCC(=O)OC)SCc1ccccc1. The van der Waals surface area contributed by atoms with Crippen molar-refractivity contribution >= 4 is 23.7 Å². The molecule has 5 heteroatoms. The normalized spacial score (nSPS) is 12.1. The molecule has 0 bridgehead atoms. The first-order valence-electron chi connectivity index (χ1n) is 7.23. The maximum absolute atomic E-state index is 11.4. The van der Waals surface area contributed by atoms with Crippen LogP contribution in [0.25, 0.3) is 0 Å². The predicted octanol–water partition coefficient (Wildman–Crippen LogP) is 3.36. The van der Waals surface area contributed by atoms with Crippen LogP contribution in [-0.4, -0.2) is 30.9 Å². The van der Waals surface area contributed by atoms with Crippen molar-refractivity contribution in [3.05, 3.63) is 48.0 Å². The molecule has 0 aliphatic rings. The lowest BCUT2D eigenvalue weighted by Gasteiger charge is -2.12. The van der Waals surface area contributed by atoms with Gasteiger partial charge < -0.3 is 9.47 Å². The summed E-state index contributed by atoms with van der Waals surface area (Å²) in [5, 5.41) is 0.0590. The Hall–Kier alpha value is -1.75. The summed E-state index contributed by atoms with van der Waals surface area (Å²) in [5.41, 5.74) is 1.21. The smallest absolute Gasteiger partial charge is 0.330 e. The Kier molecular flexibility index (Phi) is 9.07. The van der Waals surface area contributed by atoms with Gasteiger partial charge in [-0.2, -0.15) is 0 Å². The number of carbonyl (C=O) groups excluding carboxylic acids is 2. The predicted molar refractivity (Wildman–Crippen MR) is 88.5 cm³/mol. The van der Waals surface area contributed by atoms with E-state index in [1.807, 2.05) is 18.2 Å². The van der Waals surface area contributed by atoms with Crippen LogP contribution in [0, 0.1) is 0 Å². The van der Waals surface area contributed by atoms with Gasteiger partial charge in [-0.05, 0) is 18.9 Å². The van der Waals surface area contributed by atoms with Crippen molar-refractivity contribution in [2.75, 3.05) is 13.7 Å². The Morgan fingerprint density at radius 1 is 1.27 bits per heavy atom. The van der Waals surface area contributed by atoms with E-state index in [9.17, 15) is 9.59 Å². The Morgan fingerprint density at radius 2 is 2.00 bits per heavy atom. The highest BCUT2D eigenvalue weighted by Crippen LogP contribution is 2.23. The molecule has 0 heterocycles. The molecule has 0 unspecified atom stereocenters. The Balaban J connectivity index is 2.56. The lowest BCUT2D eigenvalue weighted by atomic mass is 10.2. The average Bonchev–Trinajstić information content (AvgIpc) is 2.55. The molecule has 22 heavy (non-hydrogen) atoms. The topological polar surface area (TPSA) is 52.6 Å². The number of rotatable bonds is 9. The third kappa shape index (κ3) is 7.88. The Morgan fingerprint density at radius 3 is 2.64 bits per heavy atom. The molecule has 4 nitrogen and oxygen atoms in total. The number of benzene rings is 1. The molecule has 0 aliphatic carbocycles. The molecule has 0 amide bonds. The zero-order chi connectivity index (χ0) is 16.2. The van der Waals surface area contributed by atoms with Gasteiger partial charge >= 0.3 is 11.9 Å². The van der Waals surface area contributed by atoms with Crippen LogP contribution in [0.5, 0.6) is 0 Å². The van der Waals surface area contributed by atoms with Gasteiger partial charge in [0, 0.05) is 23.5 Å². The van der Waals surface area contributed by atoms with Crippen LogP contribution in [-0.2, 0) is 24.8 Å². The second-order valence-electron chi connectivity index (χ2n) is 4.56. The third-order valence-electron chi connectivity index (χ3n) is 2.90. The molecule has 1 rings (SSSR count). The first kappa shape index (κ1) is 18.3. The molecule has 0 spiro atoms. The van der Waals surface area contributed by atoms with Crippen LogP contribution in [0.3, 0.4) is 0 Å². The van der Waals surface area contributed by atoms with Crippen molar-refractivity contribution in [3.8, 4) is 0 Å². The van der Waals surface area contributed by atoms with Crippen molar-refractivity contribution in [3.63, 3.8) is 0 Å². The van der Waals surface area contributed by atoms with Gasteiger partial charge in [-0.3, -0.25) is 4.79 Å². The number of thioether (sulfide) groups is 1. The fourth-order valence-corrected chi connectivity index (χ4v) is 2.82. The van der Waals surface area contributed by atoms with E-state index in [0.717, 1.165) is 5.75 Å². The van der Waals surface area contributed by atoms with Gasteiger partial charge in [0.2, 0.25) is 0 Å². The second kappa shape index (κ2) is 10.9. The third-order valence-corrected chi connectivity index (χ3v) is 4.22. The van der Waals surface area contributed by atoms with Gasteiger partial charge in [-0.25, -0.2) is 4.79 Å². The maximum Gasteiger partial charge on any atom is 0.330 e. The van der Waals surface area contributed by atoms with Crippen LogP contribution < -0.4 is 0 Å². The van der Waals surface area contributed by atoms with Crippen molar-refractivity contribution in [2.45, 2.75) is 30.8 Å². The maximum atomic E-state index is 11.4. The molecule has 0 radical (unpaired) electrons. The highest BCUT2D eigenvalue weighted by atomic mass is 32.2. The summed E-state index contributed by atoms with van der Waals surface area (Å²) < 4.78 is 9.54. The van der Waals surface area contributed by atoms with E-state index in [1.54, 1.807) is 24.8 Å². The minimum absolute atomic E-state index is 0.0590. The largest absolute Gasteiger partial charge is 0.469 e. The fraction of sp³-hybridized carbons (Fsp3) is 0.412. The number of ether oxygens (including phenoxy) is 2.